The summed E-state index contributed by atoms with van der Waals surface area (Å²) >= 11 is 0. The van der Waals surface area contributed by atoms with Crippen molar-refractivity contribution in [2.75, 3.05) is 0 Å². The molecule has 0 nitrogen and oxygen atoms in total. The molecule has 0 fully saturated rings. The van der Waals surface area contributed by atoms with Crippen LogP contribution in [0.1, 0.15) is 25.8 Å². The molecule has 1 aromatic carbocycles. The van der Waals surface area contributed by atoms with Crippen molar-refractivity contribution < 1.29 is 0 Å². The summed E-state index contributed by atoms with van der Waals surface area (Å²) in [6.07, 6.45) is 6.95. The molecule has 15 heavy (non-hydrogen) atoms. The molecule has 0 aliphatic carbocycles. The normalized spacial score (nSPS) is 9.20. The van der Waals surface area contributed by atoms with Gasteiger partial charge in [0.25, 0.3) is 0 Å². The van der Waals surface area contributed by atoms with Crippen LogP contribution >= 0.6 is 0 Å². The van der Waals surface area contributed by atoms with Crippen molar-refractivity contribution >= 4 is 5.57 Å². The Morgan fingerprint density at radius 1 is 1.27 bits per heavy atom. The Kier molecular flexibility index (Phi) is 8.08. The van der Waals surface area contributed by atoms with Gasteiger partial charge in [-0.15, -0.1) is 6.58 Å². The van der Waals surface area contributed by atoms with Crippen LogP contribution in [0.4, 0.5) is 0 Å². The third-order valence-electron chi connectivity index (χ3n) is 1.81. The van der Waals surface area contributed by atoms with Gasteiger partial charge < -0.3 is 0 Å². The van der Waals surface area contributed by atoms with Crippen LogP contribution in [0.3, 0.4) is 0 Å². The van der Waals surface area contributed by atoms with Crippen LogP contribution < -0.4 is 0 Å². The molecule has 0 aromatic heterocycles. The topological polar surface area (TPSA) is 0 Å². The van der Waals surface area contributed by atoms with Gasteiger partial charge in [-0.25, -0.2) is 0 Å². The van der Waals surface area contributed by atoms with Gasteiger partial charge in [-0.2, -0.15) is 0 Å². The Morgan fingerprint density at radius 3 is 2.13 bits per heavy atom. The highest BCUT2D eigenvalue weighted by Gasteiger charge is 1.86. The summed E-state index contributed by atoms with van der Waals surface area (Å²) < 4.78 is 0. The van der Waals surface area contributed by atoms with E-state index in [2.05, 4.69) is 31.4 Å². The molecule has 0 aliphatic rings. The molecule has 0 unspecified atom stereocenters. The molecule has 0 amide bonds. The van der Waals surface area contributed by atoms with E-state index in [0.29, 0.717) is 0 Å². The van der Waals surface area contributed by atoms with E-state index >= 15 is 0 Å². The van der Waals surface area contributed by atoms with Crippen LogP contribution in [-0.4, -0.2) is 0 Å². The largest absolute Gasteiger partial charge is 0.103 e. The average molecular weight is 200 g/mol. The second-order valence-corrected chi connectivity index (χ2v) is 3.24. The summed E-state index contributed by atoms with van der Waals surface area (Å²) in [5, 5.41) is 0. The van der Waals surface area contributed by atoms with Crippen LogP contribution in [-0.2, 0) is 0 Å². The van der Waals surface area contributed by atoms with Crippen molar-refractivity contribution in [3.05, 3.63) is 67.3 Å². The first-order valence-electron chi connectivity index (χ1n) is 5.15. The van der Waals surface area contributed by atoms with Gasteiger partial charge >= 0.3 is 0 Å². The summed E-state index contributed by atoms with van der Waals surface area (Å²) in [5.74, 6) is 0. The molecule has 0 saturated heterocycles. The van der Waals surface area contributed by atoms with E-state index in [-0.39, 0.29) is 0 Å². The van der Waals surface area contributed by atoms with Gasteiger partial charge in [0, 0.05) is 0 Å². The van der Waals surface area contributed by atoms with E-state index in [0.717, 1.165) is 12.0 Å². The summed E-state index contributed by atoms with van der Waals surface area (Å²) in [6.45, 7) is 11.4. The average Bonchev–Trinajstić information content (AvgIpc) is 2.28. The molecule has 1 aromatic rings. The molecule has 0 N–H and O–H groups in total. The first-order chi connectivity index (χ1) is 7.22. The molecule has 0 aliphatic heterocycles. The Labute approximate surface area is 93.7 Å². The minimum absolute atomic E-state index is 0.997. The quantitative estimate of drug-likeness (QED) is 0.611. The first kappa shape index (κ1) is 13.4. The van der Waals surface area contributed by atoms with Crippen molar-refractivity contribution in [3.8, 4) is 0 Å². The summed E-state index contributed by atoms with van der Waals surface area (Å²) in [4.78, 5) is 0. The summed E-state index contributed by atoms with van der Waals surface area (Å²) in [6, 6.07) is 10.2. The van der Waals surface area contributed by atoms with Crippen molar-refractivity contribution in [3.63, 3.8) is 0 Å². The van der Waals surface area contributed by atoms with Crippen LogP contribution in [0.15, 0.2) is 61.7 Å². The summed E-state index contributed by atoms with van der Waals surface area (Å²) in [7, 11) is 0. The fourth-order valence-corrected chi connectivity index (χ4v) is 0.955. The van der Waals surface area contributed by atoms with E-state index in [1.165, 1.54) is 5.56 Å². The third-order valence-corrected chi connectivity index (χ3v) is 1.81. The number of hydrogen-bond acceptors (Lipinski definition) is 0. The fraction of sp³-hybridized carbons (Fsp3) is 0.200. The maximum absolute atomic E-state index is 3.83. The van der Waals surface area contributed by atoms with Gasteiger partial charge in [-0.1, -0.05) is 60.7 Å². The van der Waals surface area contributed by atoms with Gasteiger partial charge in [-0.3, -0.25) is 0 Å². The molecule has 0 atom stereocenters. The zero-order valence-electron chi connectivity index (χ0n) is 9.74. The highest BCUT2D eigenvalue weighted by molar-refractivity contribution is 5.60. The molecule has 0 saturated carbocycles. The van der Waals surface area contributed by atoms with Gasteiger partial charge in [0.05, 0.1) is 0 Å². The molecule has 0 spiro atoms. The predicted octanol–water partition coefficient (Wildman–Crippen LogP) is 4.86. The van der Waals surface area contributed by atoms with E-state index in [1.807, 2.05) is 44.2 Å². The summed E-state index contributed by atoms with van der Waals surface area (Å²) in [5.41, 5.74) is 2.34. The highest BCUT2D eigenvalue weighted by Crippen LogP contribution is 2.08. The van der Waals surface area contributed by atoms with E-state index < -0.39 is 0 Å². The molecular formula is C15H20. The lowest BCUT2D eigenvalue weighted by Crippen LogP contribution is -1.72. The number of hydrogen-bond donors (Lipinski definition) is 0. The standard InChI is InChI=1S/C9H10.C6H10/c1-8(2)9-6-4-3-5-7-9;1-3-5-6-4-2/h3-7H,1H2,2H3;3-4,6H,1,5H2,2H3. The molecule has 1 rings (SSSR count). The Morgan fingerprint density at radius 2 is 1.87 bits per heavy atom. The monoisotopic (exact) mass is 200 g/mol. The lowest BCUT2D eigenvalue weighted by Gasteiger charge is -1.94. The second-order valence-electron chi connectivity index (χ2n) is 3.24. The zero-order chi connectivity index (χ0) is 11.5. The Balaban J connectivity index is 0.000000288. The molecule has 0 heterocycles. The maximum Gasteiger partial charge on any atom is -0.0172 e. The van der Waals surface area contributed by atoms with E-state index in [4.69, 9.17) is 0 Å². The number of rotatable bonds is 3. The van der Waals surface area contributed by atoms with Crippen LogP contribution in [0.25, 0.3) is 5.57 Å². The van der Waals surface area contributed by atoms with Crippen molar-refractivity contribution in [2.45, 2.75) is 20.3 Å². The zero-order valence-corrected chi connectivity index (χ0v) is 9.74. The van der Waals surface area contributed by atoms with Gasteiger partial charge in [0.15, 0.2) is 0 Å². The third kappa shape index (κ3) is 7.51. The van der Waals surface area contributed by atoms with Gasteiger partial charge in [-0.05, 0) is 25.8 Å². The van der Waals surface area contributed by atoms with E-state index in [1.54, 1.807) is 0 Å². The van der Waals surface area contributed by atoms with Crippen LogP contribution in [0.2, 0.25) is 0 Å². The first-order valence-corrected chi connectivity index (χ1v) is 5.15. The minimum Gasteiger partial charge on any atom is -0.103 e. The Hall–Kier alpha value is -1.56. The van der Waals surface area contributed by atoms with Crippen molar-refractivity contribution in [1.29, 1.82) is 0 Å². The number of benzene rings is 1. The smallest absolute Gasteiger partial charge is 0.0172 e. The lowest BCUT2D eigenvalue weighted by molar-refractivity contribution is 1.39. The SMILES string of the molecule is C=C(C)c1ccccc1.C=CCC=CC. The second kappa shape index (κ2) is 9.01. The molecule has 0 bridgehead atoms. The van der Waals surface area contributed by atoms with Crippen molar-refractivity contribution in [1.82, 2.24) is 0 Å². The lowest BCUT2D eigenvalue weighted by atomic mass is 10.1. The van der Waals surface area contributed by atoms with Crippen molar-refractivity contribution in [2.24, 2.45) is 0 Å². The molecule has 0 heteroatoms. The molecular weight excluding hydrogens is 180 g/mol. The molecule has 0 radical (unpaired) electrons. The van der Waals surface area contributed by atoms with Crippen LogP contribution in [0, 0.1) is 0 Å². The van der Waals surface area contributed by atoms with Gasteiger partial charge in [0.2, 0.25) is 0 Å². The molecule has 80 valence electrons. The predicted molar refractivity (Wildman–Crippen MR) is 70.8 cm³/mol. The number of allylic oxidation sites excluding steroid dienone is 4. The van der Waals surface area contributed by atoms with Gasteiger partial charge in [0.1, 0.15) is 0 Å². The highest BCUT2D eigenvalue weighted by atomic mass is 13.9. The maximum atomic E-state index is 3.83. The minimum atomic E-state index is 0.997. The van der Waals surface area contributed by atoms with Crippen LogP contribution in [0.5, 0.6) is 0 Å². The Bertz CT molecular complexity index is 304. The fourth-order valence-electron chi connectivity index (χ4n) is 0.955. The van der Waals surface area contributed by atoms with E-state index in [9.17, 15) is 0 Å².